The molecule has 0 saturated heterocycles. The molecule has 104 valence electrons. The fraction of sp³-hybridized carbons (Fsp3) is 0.263. The molecular formula is C19H23N. The van der Waals surface area contributed by atoms with Gasteiger partial charge in [-0.25, -0.2) is 0 Å². The zero-order chi connectivity index (χ0) is 14.4. The summed E-state index contributed by atoms with van der Waals surface area (Å²) in [6.07, 6.45) is 3.31. The molecule has 0 spiro atoms. The molecule has 0 radical (unpaired) electrons. The Kier molecular flexibility index (Phi) is 5.00. The molecule has 0 saturated carbocycles. The Labute approximate surface area is 122 Å². The molecule has 20 heavy (non-hydrogen) atoms. The van der Waals surface area contributed by atoms with Crippen LogP contribution in [0, 0.1) is 0 Å². The van der Waals surface area contributed by atoms with E-state index in [1.165, 1.54) is 22.5 Å². The fourth-order valence-electron chi connectivity index (χ4n) is 2.35. The Hall–Kier alpha value is -2.02. The molecule has 0 heterocycles. The van der Waals surface area contributed by atoms with Crippen LogP contribution in [0.4, 0.5) is 5.69 Å². The number of hydrogen-bond donors (Lipinski definition) is 0. The number of anilines is 1. The number of hydrogen-bond acceptors (Lipinski definition) is 1. The number of allylic oxidation sites excluding steroid dienone is 2. The van der Waals surface area contributed by atoms with Crippen molar-refractivity contribution in [2.75, 3.05) is 11.4 Å². The average molecular weight is 265 g/mol. The first-order chi connectivity index (χ1) is 9.76. The molecule has 2 rings (SSSR count). The molecule has 2 aromatic rings. The van der Waals surface area contributed by atoms with Gasteiger partial charge in [-0.1, -0.05) is 55.5 Å². The first kappa shape index (κ1) is 14.4. The highest BCUT2D eigenvalue weighted by Gasteiger charge is 2.07. The van der Waals surface area contributed by atoms with Crippen LogP contribution in [0.1, 0.15) is 27.2 Å². The minimum absolute atomic E-state index is 1.06. The van der Waals surface area contributed by atoms with E-state index in [0.717, 1.165) is 13.0 Å². The van der Waals surface area contributed by atoms with Crippen LogP contribution in [0.15, 0.2) is 66.4 Å². The number of nitrogens with zero attached hydrogens (tertiary/aromatic N) is 1. The van der Waals surface area contributed by atoms with Crippen molar-refractivity contribution in [1.82, 2.24) is 0 Å². The largest absolute Gasteiger partial charge is 0.346 e. The molecule has 0 N–H and O–H groups in total. The topological polar surface area (TPSA) is 3.24 Å². The summed E-state index contributed by atoms with van der Waals surface area (Å²) in [7, 11) is 0. The van der Waals surface area contributed by atoms with Crippen molar-refractivity contribution in [3.05, 3.63) is 66.4 Å². The second-order valence-corrected chi connectivity index (χ2v) is 4.99. The molecule has 1 heteroatoms. The third kappa shape index (κ3) is 3.30. The second-order valence-electron chi connectivity index (χ2n) is 4.99. The van der Waals surface area contributed by atoms with Crippen LogP contribution in [0.25, 0.3) is 11.1 Å². The molecule has 0 unspecified atom stereocenters. The van der Waals surface area contributed by atoms with E-state index in [0.29, 0.717) is 0 Å². The molecule has 0 bridgehead atoms. The summed E-state index contributed by atoms with van der Waals surface area (Å²) in [5.74, 6) is 0. The van der Waals surface area contributed by atoms with Crippen LogP contribution in [0.3, 0.4) is 0 Å². The summed E-state index contributed by atoms with van der Waals surface area (Å²) < 4.78 is 0. The molecule has 0 aliphatic heterocycles. The highest BCUT2D eigenvalue weighted by molar-refractivity contribution is 5.67. The third-order valence-corrected chi connectivity index (χ3v) is 3.58. The summed E-state index contributed by atoms with van der Waals surface area (Å²) in [5, 5.41) is 0. The lowest BCUT2D eigenvalue weighted by Gasteiger charge is -2.25. The van der Waals surface area contributed by atoms with Crippen LogP contribution in [0.5, 0.6) is 0 Å². The van der Waals surface area contributed by atoms with Gasteiger partial charge in [-0.3, -0.25) is 0 Å². The lowest BCUT2D eigenvalue weighted by molar-refractivity contribution is 0.846. The monoisotopic (exact) mass is 265 g/mol. The van der Waals surface area contributed by atoms with Gasteiger partial charge in [0.2, 0.25) is 0 Å². The van der Waals surface area contributed by atoms with E-state index in [1.54, 1.807) is 0 Å². The van der Waals surface area contributed by atoms with Gasteiger partial charge in [0.1, 0.15) is 0 Å². The van der Waals surface area contributed by atoms with E-state index in [2.05, 4.69) is 86.3 Å². The van der Waals surface area contributed by atoms with Crippen molar-refractivity contribution in [3.8, 4) is 11.1 Å². The maximum atomic E-state index is 2.37. The Balaban J connectivity index is 2.27. The minimum Gasteiger partial charge on any atom is -0.346 e. The van der Waals surface area contributed by atoms with E-state index < -0.39 is 0 Å². The highest BCUT2D eigenvalue weighted by atomic mass is 15.1. The van der Waals surface area contributed by atoms with Gasteiger partial charge in [0, 0.05) is 17.9 Å². The number of rotatable bonds is 5. The smallest absolute Gasteiger partial charge is 0.0408 e. The fourth-order valence-corrected chi connectivity index (χ4v) is 2.35. The Morgan fingerprint density at radius 3 is 2.10 bits per heavy atom. The minimum atomic E-state index is 1.06. The van der Waals surface area contributed by atoms with E-state index in [1.807, 2.05) is 0 Å². The van der Waals surface area contributed by atoms with Crippen molar-refractivity contribution in [2.45, 2.75) is 27.2 Å². The number of benzene rings is 2. The summed E-state index contributed by atoms with van der Waals surface area (Å²) in [6, 6.07) is 19.3. The summed E-state index contributed by atoms with van der Waals surface area (Å²) in [6.45, 7) is 7.53. The van der Waals surface area contributed by atoms with Crippen molar-refractivity contribution < 1.29 is 0 Å². The van der Waals surface area contributed by atoms with Gasteiger partial charge in [-0.15, -0.1) is 0 Å². The van der Waals surface area contributed by atoms with Crippen molar-refractivity contribution in [2.24, 2.45) is 0 Å². The van der Waals surface area contributed by atoms with Gasteiger partial charge >= 0.3 is 0 Å². The maximum Gasteiger partial charge on any atom is 0.0408 e. The van der Waals surface area contributed by atoms with Crippen LogP contribution in [0.2, 0.25) is 0 Å². The van der Waals surface area contributed by atoms with Gasteiger partial charge in [0.15, 0.2) is 0 Å². The quantitative estimate of drug-likeness (QED) is 0.690. The van der Waals surface area contributed by atoms with E-state index >= 15 is 0 Å². The lowest BCUT2D eigenvalue weighted by atomic mass is 10.1. The molecule has 0 aromatic heterocycles. The van der Waals surface area contributed by atoms with E-state index in [9.17, 15) is 0 Å². The van der Waals surface area contributed by atoms with Crippen molar-refractivity contribution in [3.63, 3.8) is 0 Å². The van der Waals surface area contributed by atoms with Gasteiger partial charge in [-0.05, 0) is 43.5 Å². The van der Waals surface area contributed by atoms with Crippen LogP contribution >= 0.6 is 0 Å². The molecular weight excluding hydrogens is 242 g/mol. The second kappa shape index (κ2) is 6.95. The Morgan fingerprint density at radius 1 is 0.950 bits per heavy atom. The van der Waals surface area contributed by atoms with Crippen molar-refractivity contribution >= 4 is 5.69 Å². The summed E-state index contributed by atoms with van der Waals surface area (Å²) >= 11 is 0. The molecule has 0 aliphatic rings. The van der Waals surface area contributed by atoms with Crippen LogP contribution in [-0.2, 0) is 0 Å². The SMILES string of the molecule is CC=C(C)N(CCC)c1ccc(-c2ccccc2)cc1. The predicted molar refractivity (Wildman–Crippen MR) is 88.9 cm³/mol. The average Bonchev–Trinajstić information content (AvgIpc) is 2.53. The molecule has 0 fully saturated rings. The lowest BCUT2D eigenvalue weighted by Crippen LogP contribution is -2.21. The van der Waals surface area contributed by atoms with Crippen LogP contribution in [-0.4, -0.2) is 6.54 Å². The van der Waals surface area contributed by atoms with E-state index in [4.69, 9.17) is 0 Å². The van der Waals surface area contributed by atoms with Crippen molar-refractivity contribution in [1.29, 1.82) is 0 Å². The molecule has 0 aliphatic carbocycles. The summed E-state index contributed by atoms with van der Waals surface area (Å²) in [5.41, 5.74) is 5.11. The molecule has 0 atom stereocenters. The molecule has 2 aromatic carbocycles. The Bertz CT molecular complexity index is 552. The standard InChI is InChI=1S/C19H23N/c1-4-15-20(16(3)5-2)19-13-11-18(12-14-19)17-9-7-6-8-10-17/h5-14H,4,15H2,1-3H3. The van der Waals surface area contributed by atoms with Gasteiger partial charge in [-0.2, -0.15) is 0 Å². The molecule has 0 amide bonds. The first-order valence-electron chi connectivity index (χ1n) is 7.32. The molecule has 1 nitrogen and oxygen atoms in total. The zero-order valence-corrected chi connectivity index (χ0v) is 12.6. The van der Waals surface area contributed by atoms with E-state index in [-0.39, 0.29) is 0 Å². The summed E-state index contributed by atoms with van der Waals surface area (Å²) in [4.78, 5) is 2.37. The van der Waals surface area contributed by atoms with Gasteiger partial charge < -0.3 is 4.90 Å². The van der Waals surface area contributed by atoms with Gasteiger partial charge in [0.25, 0.3) is 0 Å². The third-order valence-electron chi connectivity index (χ3n) is 3.58. The first-order valence-corrected chi connectivity index (χ1v) is 7.32. The normalized spacial score (nSPS) is 11.4. The van der Waals surface area contributed by atoms with Crippen LogP contribution < -0.4 is 4.90 Å². The maximum absolute atomic E-state index is 2.37. The predicted octanol–water partition coefficient (Wildman–Crippen LogP) is 5.49. The highest BCUT2D eigenvalue weighted by Crippen LogP contribution is 2.25. The Morgan fingerprint density at radius 2 is 1.55 bits per heavy atom. The van der Waals surface area contributed by atoms with Gasteiger partial charge in [0.05, 0.1) is 0 Å². The zero-order valence-electron chi connectivity index (χ0n) is 12.6.